The summed E-state index contributed by atoms with van der Waals surface area (Å²) in [6.07, 6.45) is 4.83. The van der Waals surface area contributed by atoms with E-state index in [1.165, 1.54) is 24.8 Å². The van der Waals surface area contributed by atoms with E-state index in [0.717, 1.165) is 37.8 Å². The minimum Gasteiger partial charge on any atom is -0.492 e. The monoisotopic (exact) mass is 277 g/mol. The standard InChI is InChI=1S/C17H27NO2/c1-3-11-18-17(15-6-7-15)13-20-16-8-4-14(5-9-16)10-12-19-2/h4-5,8-9,15,17-18H,3,6-7,10-13H2,1-2H3. The summed E-state index contributed by atoms with van der Waals surface area (Å²) >= 11 is 0. The van der Waals surface area contributed by atoms with Crippen molar-refractivity contribution < 1.29 is 9.47 Å². The van der Waals surface area contributed by atoms with Gasteiger partial charge >= 0.3 is 0 Å². The van der Waals surface area contributed by atoms with Crippen molar-refractivity contribution in [2.75, 3.05) is 26.9 Å². The molecule has 0 saturated heterocycles. The normalized spacial score (nSPS) is 16.1. The molecule has 0 heterocycles. The maximum absolute atomic E-state index is 5.93. The lowest BCUT2D eigenvalue weighted by Gasteiger charge is -2.18. The van der Waals surface area contributed by atoms with Gasteiger partial charge in [0.2, 0.25) is 0 Å². The predicted octanol–water partition coefficient (Wildman–Crippen LogP) is 3.03. The molecular formula is C17H27NO2. The molecule has 1 fully saturated rings. The number of hydrogen-bond donors (Lipinski definition) is 1. The third-order valence-electron chi connectivity index (χ3n) is 3.80. The summed E-state index contributed by atoms with van der Waals surface area (Å²) in [5, 5.41) is 3.60. The highest BCUT2D eigenvalue weighted by Gasteiger charge is 2.31. The first kappa shape index (κ1) is 15.3. The van der Waals surface area contributed by atoms with Crippen LogP contribution >= 0.6 is 0 Å². The summed E-state index contributed by atoms with van der Waals surface area (Å²) in [6.45, 7) is 4.84. The highest BCUT2D eigenvalue weighted by Crippen LogP contribution is 2.33. The molecule has 1 unspecified atom stereocenters. The largest absolute Gasteiger partial charge is 0.492 e. The van der Waals surface area contributed by atoms with Crippen LogP contribution in [-0.2, 0) is 11.2 Å². The molecule has 0 aliphatic heterocycles. The van der Waals surface area contributed by atoms with Crippen molar-refractivity contribution in [2.24, 2.45) is 5.92 Å². The van der Waals surface area contributed by atoms with Gasteiger partial charge in [0.1, 0.15) is 12.4 Å². The highest BCUT2D eigenvalue weighted by molar-refractivity contribution is 5.27. The van der Waals surface area contributed by atoms with Crippen LogP contribution in [0.1, 0.15) is 31.7 Å². The lowest BCUT2D eigenvalue weighted by atomic mass is 10.1. The van der Waals surface area contributed by atoms with Gasteiger partial charge in [0.25, 0.3) is 0 Å². The fourth-order valence-electron chi connectivity index (χ4n) is 2.35. The van der Waals surface area contributed by atoms with E-state index in [4.69, 9.17) is 9.47 Å². The Kier molecular flexibility index (Phi) is 6.34. The van der Waals surface area contributed by atoms with Crippen molar-refractivity contribution in [3.63, 3.8) is 0 Å². The second-order valence-electron chi connectivity index (χ2n) is 5.60. The molecule has 1 atom stereocenters. The number of methoxy groups -OCH3 is 1. The maximum Gasteiger partial charge on any atom is 0.119 e. The van der Waals surface area contributed by atoms with Gasteiger partial charge in [-0.1, -0.05) is 19.1 Å². The van der Waals surface area contributed by atoms with Gasteiger partial charge in [-0.3, -0.25) is 0 Å². The second kappa shape index (κ2) is 8.28. The van der Waals surface area contributed by atoms with Crippen molar-refractivity contribution in [2.45, 2.75) is 38.6 Å². The molecule has 1 aromatic rings. The van der Waals surface area contributed by atoms with E-state index in [2.05, 4.69) is 36.5 Å². The Hall–Kier alpha value is -1.06. The highest BCUT2D eigenvalue weighted by atomic mass is 16.5. The number of rotatable bonds is 10. The molecule has 112 valence electrons. The lowest BCUT2D eigenvalue weighted by molar-refractivity contribution is 0.202. The zero-order valence-electron chi connectivity index (χ0n) is 12.7. The van der Waals surface area contributed by atoms with Crippen LogP contribution in [0.4, 0.5) is 0 Å². The molecule has 0 spiro atoms. The fraction of sp³-hybridized carbons (Fsp3) is 0.647. The number of ether oxygens (including phenoxy) is 2. The summed E-state index contributed by atoms with van der Waals surface area (Å²) in [5.74, 6) is 1.79. The Labute approximate surface area is 122 Å². The van der Waals surface area contributed by atoms with Gasteiger partial charge in [0, 0.05) is 13.2 Å². The molecule has 1 aliphatic carbocycles. The topological polar surface area (TPSA) is 30.5 Å². The van der Waals surface area contributed by atoms with Gasteiger partial charge in [-0.15, -0.1) is 0 Å². The third kappa shape index (κ3) is 5.14. The van der Waals surface area contributed by atoms with Crippen LogP contribution < -0.4 is 10.1 Å². The average Bonchev–Trinajstić information content (AvgIpc) is 3.31. The Morgan fingerprint density at radius 1 is 1.25 bits per heavy atom. The van der Waals surface area contributed by atoms with Crippen LogP contribution in [-0.4, -0.2) is 32.9 Å². The van der Waals surface area contributed by atoms with E-state index in [1.54, 1.807) is 7.11 Å². The van der Waals surface area contributed by atoms with E-state index in [-0.39, 0.29) is 0 Å². The smallest absolute Gasteiger partial charge is 0.119 e. The molecule has 3 nitrogen and oxygen atoms in total. The number of benzene rings is 1. The molecule has 2 rings (SSSR count). The summed E-state index contributed by atoms with van der Waals surface area (Å²) in [4.78, 5) is 0. The Morgan fingerprint density at radius 3 is 2.60 bits per heavy atom. The van der Waals surface area contributed by atoms with Gasteiger partial charge < -0.3 is 14.8 Å². The Bertz CT molecular complexity index is 373. The summed E-state index contributed by atoms with van der Waals surface area (Å²) in [5.41, 5.74) is 1.29. The molecule has 1 aliphatic rings. The summed E-state index contributed by atoms with van der Waals surface area (Å²) < 4.78 is 11.0. The van der Waals surface area contributed by atoms with E-state index >= 15 is 0 Å². The third-order valence-corrected chi connectivity index (χ3v) is 3.80. The van der Waals surface area contributed by atoms with E-state index in [9.17, 15) is 0 Å². The first-order valence-corrected chi connectivity index (χ1v) is 7.77. The number of nitrogens with one attached hydrogen (secondary N) is 1. The molecule has 3 heteroatoms. The quantitative estimate of drug-likeness (QED) is 0.713. The minimum absolute atomic E-state index is 0.517. The molecule has 0 bridgehead atoms. The van der Waals surface area contributed by atoms with Gasteiger partial charge in [0.05, 0.1) is 6.61 Å². The van der Waals surface area contributed by atoms with E-state index in [1.807, 2.05) is 0 Å². The first-order valence-electron chi connectivity index (χ1n) is 7.77. The van der Waals surface area contributed by atoms with Gasteiger partial charge in [-0.25, -0.2) is 0 Å². The maximum atomic E-state index is 5.93. The zero-order chi connectivity index (χ0) is 14.2. The van der Waals surface area contributed by atoms with Crippen LogP contribution in [0.3, 0.4) is 0 Å². The molecule has 0 radical (unpaired) electrons. The Morgan fingerprint density at radius 2 is 2.00 bits per heavy atom. The number of hydrogen-bond acceptors (Lipinski definition) is 3. The van der Waals surface area contributed by atoms with Crippen molar-refractivity contribution >= 4 is 0 Å². The molecule has 1 saturated carbocycles. The van der Waals surface area contributed by atoms with Crippen LogP contribution in [0, 0.1) is 5.92 Å². The van der Waals surface area contributed by atoms with Gasteiger partial charge in [0.15, 0.2) is 0 Å². The van der Waals surface area contributed by atoms with Crippen LogP contribution in [0.15, 0.2) is 24.3 Å². The van der Waals surface area contributed by atoms with Crippen molar-refractivity contribution in [1.29, 1.82) is 0 Å². The first-order chi connectivity index (χ1) is 9.83. The molecular weight excluding hydrogens is 250 g/mol. The summed E-state index contributed by atoms with van der Waals surface area (Å²) in [6, 6.07) is 8.90. The SMILES string of the molecule is CCCNC(COc1ccc(CCOC)cc1)C1CC1. The van der Waals surface area contributed by atoms with Gasteiger partial charge in [-0.2, -0.15) is 0 Å². The van der Waals surface area contributed by atoms with Crippen molar-refractivity contribution in [3.8, 4) is 5.75 Å². The molecule has 0 amide bonds. The zero-order valence-corrected chi connectivity index (χ0v) is 12.7. The average molecular weight is 277 g/mol. The van der Waals surface area contributed by atoms with Crippen molar-refractivity contribution in [1.82, 2.24) is 5.32 Å². The van der Waals surface area contributed by atoms with Gasteiger partial charge in [-0.05, 0) is 55.8 Å². The molecule has 1 N–H and O–H groups in total. The van der Waals surface area contributed by atoms with Crippen LogP contribution in [0.25, 0.3) is 0 Å². The molecule has 20 heavy (non-hydrogen) atoms. The second-order valence-corrected chi connectivity index (χ2v) is 5.60. The lowest BCUT2D eigenvalue weighted by Crippen LogP contribution is -2.37. The minimum atomic E-state index is 0.517. The Balaban J connectivity index is 1.76. The summed E-state index contributed by atoms with van der Waals surface area (Å²) in [7, 11) is 1.73. The molecule has 1 aromatic carbocycles. The van der Waals surface area contributed by atoms with Crippen molar-refractivity contribution in [3.05, 3.63) is 29.8 Å². The van der Waals surface area contributed by atoms with Crippen LogP contribution in [0.5, 0.6) is 5.75 Å². The fourth-order valence-corrected chi connectivity index (χ4v) is 2.35. The van der Waals surface area contributed by atoms with E-state index in [0.29, 0.717) is 6.04 Å². The predicted molar refractivity (Wildman–Crippen MR) is 82.3 cm³/mol. The molecule has 0 aromatic heterocycles. The van der Waals surface area contributed by atoms with Crippen LogP contribution in [0.2, 0.25) is 0 Å². The van der Waals surface area contributed by atoms with E-state index < -0.39 is 0 Å².